The van der Waals surface area contributed by atoms with Gasteiger partial charge in [0.1, 0.15) is 5.76 Å². The van der Waals surface area contributed by atoms with Crippen molar-refractivity contribution >= 4 is 17.3 Å². The van der Waals surface area contributed by atoms with Gasteiger partial charge in [-0.2, -0.15) is 0 Å². The molecule has 0 aliphatic heterocycles. The van der Waals surface area contributed by atoms with Crippen molar-refractivity contribution in [2.75, 3.05) is 5.73 Å². The minimum atomic E-state index is 0.521. The summed E-state index contributed by atoms with van der Waals surface area (Å²) in [6.45, 7) is 1.84. The highest BCUT2D eigenvalue weighted by Gasteiger charge is 2.08. The zero-order valence-corrected chi connectivity index (χ0v) is 8.38. The minimum Gasteiger partial charge on any atom is -0.441 e. The van der Waals surface area contributed by atoms with Crippen LogP contribution in [0.15, 0.2) is 28.8 Å². The van der Waals surface area contributed by atoms with E-state index in [0.29, 0.717) is 16.6 Å². The number of hydrogen-bond donors (Lipinski definition) is 1. The lowest BCUT2D eigenvalue weighted by atomic mass is 10.2. The summed E-state index contributed by atoms with van der Waals surface area (Å²) in [6.07, 6.45) is 1.65. The van der Waals surface area contributed by atoms with E-state index < -0.39 is 0 Å². The highest BCUT2D eigenvalue weighted by atomic mass is 35.5. The van der Waals surface area contributed by atoms with Gasteiger partial charge < -0.3 is 10.2 Å². The Morgan fingerprint density at radius 3 is 2.79 bits per heavy atom. The normalized spacial score (nSPS) is 10.4. The second-order valence-electron chi connectivity index (χ2n) is 3.02. The van der Waals surface area contributed by atoms with Gasteiger partial charge in [-0.05, 0) is 25.1 Å². The predicted octanol–water partition coefficient (Wildman–Crippen LogP) is 2.89. The molecule has 0 aliphatic carbocycles. The van der Waals surface area contributed by atoms with Crippen LogP contribution in [0.2, 0.25) is 5.02 Å². The van der Waals surface area contributed by atoms with Gasteiger partial charge in [0.2, 0.25) is 5.89 Å². The lowest BCUT2D eigenvalue weighted by Gasteiger charge is -2.00. The molecule has 1 aromatic heterocycles. The Kier molecular flexibility index (Phi) is 2.17. The van der Waals surface area contributed by atoms with Gasteiger partial charge in [0.05, 0.1) is 16.8 Å². The summed E-state index contributed by atoms with van der Waals surface area (Å²) in [6, 6.07) is 5.24. The highest BCUT2D eigenvalue weighted by Crippen LogP contribution is 2.28. The average molecular weight is 209 g/mol. The molecule has 72 valence electrons. The van der Waals surface area contributed by atoms with Crippen LogP contribution in [-0.4, -0.2) is 4.98 Å². The summed E-state index contributed by atoms with van der Waals surface area (Å²) in [5.41, 5.74) is 6.96. The van der Waals surface area contributed by atoms with E-state index >= 15 is 0 Å². The van der Waals surface area contributed by atoms with E-state index in [2.05, 4.69) is 4.98 Å². The molecule has 0 unspecified atom stereocenters. The van der Waals surface area contributed by atoms with E-state index in [1.54, 1.807) is 24.4 Å². The molecule has 14 heavy (non-hydrogen) atoms. The van der Waals surface area contributed by atoms with Crippen LogP contribution in [0.1, 0.15) is 5.76 Å². The molecule has 1 heterocycles. The maximum Gasteiger partial charge on any atom is 0.227 e. The summed E-state index contributed by atoms with van der Waals surface area (Å²) in [4.78, 5) is 4.08. The Bertz CT molecular complexity index is 465. The van der Waals surface area contributed by atoms with E-state index in [1.165, 1.54) is 0 Å². The van der Waals surface area contributed by atoms with Gasteiger partial charge in [0, 0.05) is 5.69 Å². The molecule has 0 aliphatic rings. The van der Waals surface area contributed by atoms with Gasteiger partial charge >= 0.3 is 0 Å². The number of anilines is 1. The van der Waals surface area contributed by atoms with E-state index in [9.17, 15) is 0 Å². The molecule has 2 rings (SSSR count). The number of nitrogens with two attached hydrogens (primary N) is 1. The third-order valence-electron chi connectivity index (χ3n) is 1.84. The van der Waals surface area contributed by atoms with Crippen LogP contribution < -0.4 is 5.73 Å². The smallest absolute Gasteiger partial charge is 0.227 e. The van der Waals surface area contributed by atoms with Crippen molar-refractivity contribution in [1.82, 2.24) is 4.98 Å². The maximum absolute atomic E-state index is 5.99. The van der Waals surface area contributed by atoms with Crippen LogP contribution in [0.25, 0.3) is 11.5 Å². The number of nitrogen functional groups attached to an aromatic ring is 1. The SMILES string of the molecule is Cc1cnc(-c2ccc(N)cc2Cl)o1. The van der Waals surface area contributed by atoms with Crippen molar-refractivity contribution in [1.29, 1.82) is 0 Å². The second-order valence-corrected chi connectivity index (χ2v) is 3.42. The zero-order valence-electron chi connectivity index (χ0n) is 7.62. The summed E-state index contributed by atoms with van der Waals surface area (Å²) in [5, 5.41) is 0.548. The Labute approximate surface area is 86.5 Å². The molecule has 0 fully saturated rings. The summed E-state index contributed by atoms with van der Waals surface area (Å²) < 4.78 is 5.35. The summed E-state index contributed by atoms with van der Waals surface area (Å²) >= 11 is 5.99. The van der Waals surface area contributed by atoms with Crippen LogP contribution in [0.3, 0.4) is 0 Å². The largest absolute Gasteiger partial charge is 0.441 e. The summed E-state index contributed by atoms with van der Waals surface area (Å²) in [7, 11) is 0. The third-order valence-corrected chi connectivity index (χ3v) is 2.16. The fourth-order valence-corrected chi connectivity index (χ4v) is 1.45. The average Bonchev–Trinajstić information content (AvgIpc) is 2.51. The number of aromatic nitrogens is 1. The third kappa shape index (κ3) is 1.59. The van der Waals surface area contributed by atoms with Crippen molar-refractivity contribution in [2.24, 2.45) is 0 Å². The van der Waals surface area contributed by atoms with Crippen LogP contribution in [0.4, 0.5) is 5.69 Å². The Morgan fingerprint density at radius 1 is 1.43 bits per heavy atom. The van der Waals surface area contributed by atoms with E-state index in [4.69, 9.17) is 21.8 Å². The van der Waals surface area contributed by atoms with E-state index in [-0.39, 0.29) is 0 Å². The number of rotatable bonds is 1. The molecule has 0 bridgehead atoms. The zero-order chi connectivity index (χ0) is 10.1. The van der Waals surface area contributed by atoms with Crippen molar-refractivity contribution in [3.8, 4) is 11.5 Å². The fourth-order valence-electron chi connectivity index (χ4n) is 1.18. The van der Waals surface area contributed by atoms with Crippen molar-refractivity contribution in [3.63, 3.8) is 0 Å². The molecule has 0 amide bonds. The van der Waals surface area contributed by atoms with Gasteiger partial charge in [-0.25, -0.2) is 4.98 Å². The molecule has 0 saturated heterocycles. The quantitative estimate of drug-likeness (QED) is 0.734. The number of benzene rings is 1. The van der Waals surface area contributed by atoms with Crippen molar-refractivity contribution in [2.45, 2.75) is 6.92 Å². The second kappa shape index (κ2) is 3.35. The minimum absolute atomic E-state index is 0.521. The molecule has 0 atom stereocenters. The number of halogens is 1. The van der Waals surface area contributed by atoms with Crippen LogP contribution >= 0.6 is 11.6 Å². The molecule has 0 radical (unpaired) electrons. The van der Waals surface area contributed by atoms with Crippen LogP contribution in [0.5, 0.6) is 0 Å². The topological polar surface area (TPSA) is 52.0 Å². The van der Waals surface area contributed by atoms with E-state index in [1.807, 2.05) is 6.92 Å². The van der Waals surface area contributed by atoms with Gasteiger partial charge in [0.15, 0.2) is 0 Å². The van der Waals surface area contributed by atoms with Crippen molar-refractivity contribution < 1.29 is 4.42 Å². The monoisotopic (exact) mass is 208 g/mol. The van der Waals surface area contributed by atoms with Crippen LogP contribution in [-0.2, 0) is 0 Å². The first-order valence-corrected chi connectivity index (χ1v) is 4.52. The van der Waals surface area contributed by atoms with Crippen molar-refractivity contribution in [3.05, 3.63) is 35.2 Å². The number of aryl methyl sites for hydroxylation is 1. The molecule has 2 aromatic rings. The molecule has 3 nitrogen and oxygen atoms in total. The van der Waals surface area contributed by atoms with Gasteiger partial charge in [-0.3, -0.25) is 0 Å². The molecule has 1 aromatic carbocycles. The number of hydrogen-bond acceptors (Lipinski definition) is 3. The first kappa shape index (κ1) is 9.09. The number of oxazole rings is 1. The van der Waals surface area contributed by atoms with Gasteiger partial charge in [-0.1, -0.05) is 11.6 Å². The van der Waals surface area contributed by atoms with E-state index in [0.717, 1.165) is 11.3 Å². The van der Waals surface area contributed by atoms with Crippen LogP contribution in [0, 0.1) is 6.92 Å². The molecule has 4 heteroatoms. The fraction of sp³-hybridized carbons (Fsp3) is 0.100. The Balaban J connectivity index is 2.52. The highest BCUT2D eigenvalue weighted by molar-refractivity contribution is 6.33. The standard InChI is InChI=1S/C10H9ClN2O/c1-6-5-13-10(14-6)8-3-2-7(12)4-9(8)11/h2-5H,12H2,1H3. The Morgan fingerprint density at radius 2 is 2.21 bits per heavy atom. The molecule has 0 spiro atoms. The molecular weight excluding hydrogens is 200 g/mol. The lowest BCUT2D eigenvalue weighted by molar-refractivity contribution is 0.542. The summed E-state index contributed by atoms with van der Waals surface area (Å²) in [5.74, 6) is 1.28. The maximum atomic E-state index is 5.99. The number of nitrogens with zero attached hydrogens (tertiary/aromatic N) is 1. The molecule has 0 saturated carbocycles. The lowest BCUT2D eigenvalue weighted by Crippen LogP contribution is -1.85. The molecule has 2 N–H and O–H groups in total. The van der Waals surface area contributed by atoms with Gasteiger partial charge in [-0.15, -0.1) is 0 Å². The molecular formula is C10H9ClN2O. The first-order chi connectivity index (χ1) is 6.66. The first-order valence-electron chi connectivity index (χ1n) is 4.14. The van der Waals surface area contributed by atoms with Gasteiger partial charge in [0.25, 0.3) is 0 Å². The Hall–Kier alpha value is -1.48. The predicted molar refractivity (Wildman–Crippen MR) is 56.1 cm³/mol.